The molecule has 0 amide bonds. The molecule has 0 spiro atoms. The number of hydrogen-bond acceptors (Lipinski definition) is 5. The van der Waals surface area contributed by atoms with Gasteiger partial charge in [-0.2, -0.15) is 4.98 Å². The van der Waals surface area contributed by atoms with Crippen molar-refractivity contribution in [1.82, 2.24) is 9.55 Å². The van der Waals surface area contributed by atoms with Crippen molar-refractivity contribution in [3.63, 3.8) is 0 Å². The molecule has 1 aromatic heterocycles. The lowest BCUT2D eigenvalue weighted by molar-refractivity contribution is 0.130. The Hall–Kier alpha value is -2.50. The topological polar surface area (TPSA) is 62.6 Å². The van der Waals surface area contributed by atoms with E-state index in [0.717, 1.165) is 11.5 Å². The van der Waals surface area contributed by atoms with Gasteiger partial charge < -0.3 is 14.2 Å². The lowest BCUT2D eigenvalue weighted by Gasteiger charge is -2.21. The first-order chi connectivity index (χ1) is 10.9. The fraction of sp³-hybridized carbons (Fsp3) is 0.412. The van der Waals surface area contributed by atoms with E-state index in [4.69, 9.17) is 14.2 Å². The van der Waals surface area contributed by atoms with E-state index >= 15 is 0 Å². The SMILES string of the molecule is CC(C)(C)Oc1ccc(OCC2Cn3ccc(=O)nc3O2)cc1. The third-order valence-corrected chi connectivity index (χ3v) is 3.20. The smallest absolute Gasteiger partial charge is 0.300 e. The van der Waals surface area contributed by atoms with Crippen molar-refractivity contribution in [2.45, 2.75) is 39.0 Å². The molecule has 0 saturated heterocycles. The van der Waals surface area contributed by atoms with Crippen LogP contribution in [0.15, 0.2) is 41.3 Å². The largest absolute Gasteiger partial charge is 0.490 e. The molecule has 0 saturated carbocycles. The van der Waals surface area contributed by atoms with Crippen LogP contribution in [0.2, 0.25) is 0 Å². The predicted octanol–water partition coefficient (Wildman–Crippen LogP) is 2.26. The van der Waals surface area contributed by atoms with Crippen LogP contribution in [0, 0.1) is 0 Å². The van der Waals surface area contributed by atoms with Crippen molar-refractivity contribution in [2.75, 3.05) is 6.61 Å². The molecule has 122 valence electrons. The van der Waals surface area contributed by atoms with E-state index in [1.54, 1.807) is 10.8 Å². The highest BCUT2D eigenvalue weighted by Crippen LogP contribution is 2.23. The first-order valence-electron chi connectivity index (χ1n) is 7.55. The van der Waals surface area contributed by atoms with Crippen molar-refractivity contribution in [3.05, 3.63) is 46.9 Å². The molecule has 23 heavy (non-hydrogen) atoms. The van der Waals surface area contributed by atoms with Gasteiger partial charge in [0.05, 0.1) is 6.54 Å². The zero-order valence-electron chi connectivity index (χ0n) is 13.5. The number of aromatic nitrogens is 2. The molecule has 1 unspecified atom stereocenters. The summed E-state index contributed by atoms with van der Waals surface area (Å²) in [5.41, 5.74) is -0.525. The van der Waals surface area contributed by atoms with E-state index in [-0.39, 0.29) is 17.3 Å². The predicted molar refractivity (Wildman–Crippen MR) is 85.2 cm³/mol. The molecule has 0 bridgehead atoms. The van der Waals surface area contributed by atoms with E-state index in [1.165, 1.54) is 6.07 Å². The molecule has 2 heterocycles. The summed E-state index contributed by atoms with van der Waals surface area (Å²) in [5, 5.41) is 0. The second kappa shape index (κ2) is 5.95. The van der Waals surface area contributed by atoms with Gasteiger partial charge >= 0.3 is 0 Å². The molecule has 6 heteroatoms. The third-order valence-electron chi connectivity index (χ3n) is 3.20. The van der Waals surface area contributed by atoms with Crippen molar-refractivity contribution in [3.8, 4) is 17.5 Å². The van der Waals surface area contributed by atoms with Crippen LogP contribution in [0.3, 0.4) is 0 Å². The van der Waals surface area contributed by atoms with Gasteiger partial charge in [-0.25, -0.2) is 0 Å². The van der Waals surface area contributed by atoms with Gasteiger partial charge in [0.1, 0.15) is 23.7 Å². The molecule has 0 radical (unpaired) electrons. The van der Waals surface area contributed by atoms with Crippen LogP contribution in [-0.4, -0.2) is 27.9 Å². The number of hydrogen-bond donors (Lipinski definition) is 0. The molecule has 1 aromatic carbocycles. The Morgan fingerprint density at radius 1 is 1.22 bits per heavy atom. The lowest BCUT2D eigenvalue weighted by Crippen LogP contribution is -2.23. The quantitative estimate of drug-likeness (QED) is 0.866. The number of fused-ring (bicyclic) bond motifs is 1. The van der Waals surface area contributed by atoms with Gasteiger partial charge in [0.15, 0.2) is 6.10 Å². The van der Waals surface area contributed by atoms with E-state index in [2.05, 4.69) is 4.98 Å². The van der Waals surface area contributed by atoms with Gasteiger partial charge in [0, 0.05) is 12.3 Å². The first kappa shape index (κ1) is 15.4. The molecule has 1 atom stereocenters. The van der Waals surface area contributed by atoms with Crippen molar-refractivity contribution in [1.29, 1.82) is 0 Å². The first-order valence-corrected chi connectivity index (χ1v) is 7.55. The van der Waals surface area contributed by atoms with Crippen LogP contribution in [0.1, 0.15) is 20.8 Å². The fourth-order valence-electron chi connectivity index (χ4n) is 2.29. The lowest BCUT2D eigenvalue weighted by atomic mass is 10.2. The zero-order valence-corrected chi connectivity index (χ0v) is 13.5. The monoisotopic (exact) mass is 316 g/mol. The molecule has 1 aliphatic heterocycles. The maximum atomic E-state index is 11.2. The Morgan fingerprint density at radius 2 is 1.91 bits per heavy atom. The van der Waals surface area contributed by atoms with Crippen LogP contribution in [-0.2, 0) is 6.54 Å². The number of benzene rings is 1. The summed E-state index contributed by atoms with van der Waals surface area (Å²) in [5.74, 6) is 1.55. The Balaban J connectivity index is 1.54. The van der Waals surface area contributed by atoms with Gasteiger partial charge in [-0.3, -0.25) is 9.36 Å². The Bertz CT molecular complexity index is 731. The van der Waals surface area contributed by atoms with Crippen LogP contribution >= 0.6 is 0 Å². The summed E-state index contributed by atoms with van der Waals surface area (Å²) in [4.78, 5) is 15.0. The highest BCUT2D eigenvalue weighted by atomic mass is 16.6. The molecule has 3 rings (SSSR count). The molecular weight excluding hydrogens is 296 g/mol. The summed E-state index contributed by atoms with van der Waals surface area (Å²) in [7, 11) is 0. The number of ether oxygens (including phenoxy) is 3. The van der Waals surface area contributed by atoms with Crippen LogP contribution < -0.4 is 19.8 Å². The van der Waals surface area contributed by atoms with E-state index in [9.17, 15) is 4.79 Å². The Morgan fingerprint density at radius 3 is 2.61 bits per heavy atom. The molecular formula is C17H20N2O4. The average molecular weight is 316 g/mol. The summed E-state index contributed by atoms with van der Waals surface area (Å²) >= 11 is 0. The number of rotatable bonds is 4. The van der Waals surface area contributed by atoms with Gasteiger partial charge in [-0.05, 0) is 45.0 Å². The zero-order chi connectivity index (χ0) is 16.4. The van der Waals surface area contributed by atoms with Gasteiger partial charge in [-0.1, -0.05) is 0 Å². The van der Waals surface area contributed by atoms with Gasteiger partial charge in [0.2, 0.25) is 0 Å². The van der Waals surface area contributed by atoms with Crippen molar-refractivity contribution < 1.29 is 14.2 Å². The molecule has 6 nitrogen and oxygen atoms in total. The van der Waals surface area contributed by atoms with Crippen LogP contribution in [0.25, 0.3) is 0 Å². The maximum absolute atomic E-state index is 11.2. The second-order valence-electron chi connectivity index (χ2n) is 6.44. The molecule has 0 fully saturated rings. The summed E-state index contributed by atoms with van der Waals surface area (Å²) < 4.78 is 18.9. The molecule has 0 aliphatic carbocycles. The summed E-state index contributed by atoms with van der Waals surface area (Å²) in [6, 6.07) is 9.26. The summed E-state index contributed by atoms with van der Waals surface area (Å²) in [6.07, 6.45) is 1.53. The Labute approximate surface area is 134 Å². The fourth-order valence-corrected chi connectivity index (χ4v) is 2.29. The molecule has 1 aliphatic rings. The second-order valence-corrected chi connectivity index (χ2v) is 6.44. The van der Waals surface area contributed by atoms with E-state index in [1.807, 2.05) is 45.0 Å². The van der Waals surface area contributed by atoms with Crippen molar-refractivity contribution >= 4 is 0 Å². The van der Waals surface area contributed by atoms with E-state index < -0.39 is 0 Å². The van der Waals surface area contributed by atoms with Crippen LogP contribution in [0.5, 0.6) is 17.5 Å². The minimum atomic E-state index is -0.299. The maximum Gasteiger partial charge on any atom is 0.300 e. The van der Waals surface area contributed by atoms with E-state index in [0.29, 0.717) is 19.2 Å². The molecule has 0 N–H and O–H groups in total. The highest BCUT2D eigenvalue weighted by molar-refractivity contribution is 5.31. The van der Waals surface area contributed by atoms with Gasteiger partial charge in [0.25, 0.3) is 11.6 Å². The normalized spacial score (nSPS) is 16.6. The minimum Gasteiger partial charge on any atom is -0.490 e. The van der Waals surface area contributed by atoms with Crippen molar-refractivity contribution in [2.24, 2.45) is 0 Å². The minimum absolute atomic E-state index is 0.158. The van der Waals surface area contributed by atoms with Crippen LogP contribution in [0.4, 0.5) is 0 Å². The molecule has 2 aromatic rings. The number of nitrogens with zero attached hydrogens (tertiary/aromatic N) is 2. The standard InChI is InChI=1S/C17H20N2O4/c1-17(2,3)23-13-6-4-12(5-7-13)21-11-14-10-19-9-8-15(20)18-16(19)22-14/h4-9,14H,10-11H2,1-3H3. The van der Waals surface area contributed by atoms with Gasteiger partial charge in [-0.15, -0.1) is 0 Å². The Kier molecular flexibility index (Phi) is 3.98. The summed E-state index contributed by atoms with van der Waals surface area (Å²) in [6.45, 7) is 7.02. The highest BCUT2D eigenvalue weighted by Gasteiger charge is 2.23. The third kappa shape index (κ3) is 4.03. The average Bonchev–Trinajstić information content (AvgIpc) is 2.87.